The molecule has 0 unspecified atom stereocenters. The van der Waals surface area contributed by atoms with E-state index >= 15 is 0 Å². The van der Waals surface area contributed by atoms with Gasteiger partial charge in [-0.1, -0.05) is 66.2 Å². The minimum atomic E-state index is 0.727. The molecule has 0 bridgehead atoms. The maximum Gasteiger partial charge on any atom is 0.0934 e. The fourth-order valence-corrected chi connectivity index (χ4v) is 2.93. The molecule has 0 saturated heterocycles. The summed E-state index contributed by atoms with van der Waals surface area (Å²) in [6, 6.07) is 26.1. The zero-order valence-electron chi connectivity index (χ0n) is 11.8. The van der Waals surface area contributed by atoms with Gasteiger partial charge in [-0.3, -0.25) is 0 Å². The van der Waals surface area contributed by atoms with Crippen molar-refractivity contribution in [3.63, 3.8) is 0 Å². The summed E-state index contributed by atoms with van der Waals surface area (Å²) in [6.07, 6.45) is 0. The van der Waals surface area contributed by atoms with Gasteiger partial charge in [-0.25, -0.2) is 4.68 Å². The predicted octanol–water partition coefficient (Wildman–Crippen LogP) is 5.35. The first-order chi connectivity index (χ1) is 10.8. The summed E-state index contributed by atoms with van der Waals surface area (Å²) < 4.78 is 1.96. The SMILES string of the molecule is Clc1ccccc1-c1c2ccccc2nn1-c1ccccc1. The Labute approximate surface area is 133 Å². The van der Waals surface area contributed by atoms with Gasteiger partial charge in [0.25, 0.3) is 0 Å². The minimum Gasteiger partial charge on any atom is -0.232 e. The molecule has 0 saturated carbocycles. The summed E-state index contributed by atoms with van der Waals surface area (Å²) in [6.45, 7) is 0. The number of halogens is 1. The maximum absolute atomic E-state index is 6.43. The molecule has 0 amide bonds. The third kappa shape index (κ3) is 2.09. The van der Waals surface area contributed by atoms with Gasteiger partial charge >= 0.3 is 0 Å². The van der Waals surface area contributed by atoms with Crippen molar-refractivity contribution in [3.05, 3.63) is 83.9 Å². The van der Waals surface area contributed by atoms with Crippen LogP contribution in [0.5, 0.6) is 0 Å². The smallest absolute Gasteiger partial charge is 0.0934 e. The highest BCUT2D eigenvalue weighted by Crippen LogP contribution is 2.35. The van der Waals surface area contributed by atoms with E-state index in [-0.39, 0.29) is 0 Å². The second kappa shape index (κ2) is 5.32. The lowest BCUT2D eigenvalue weighted by Gasteiger charge is -2.09. The molecule has 1 aromatic heterocycles. The lowest BCUT2D eigenvalue weighted by Crippen LogP contribution is -1.98. The Morgan fingerprint density at radius 1 is 0.727 bits per heavy atom. The summed E-state index contributed by atoms with van der Waals surface area (Å²) in [5.41, 5.74) is 3.99. The summed E-state index contributed by atoms with van der Waals surface area (Å²) in [4.78, 5) is 0. The molecule has 0 aliphatic carbocycles. The predicted molar refractivity (Wildman–Crippen MR) is 91.5 cm³/mol. The number of benzene rings is 3. The van der Waals surface area contributed by atoms with Crippen LogP contribution in [0.4, 0.5) is 0 Å². The normalized spacial score (nSPS) is 11.0. The van der Waals surface area contributed by atoms with Crippen LogP contribution >= 0.6 is 11.6 Å². The lowest BCUT2D eigenvalue weighted by atomic mass is 10.1. The highest BCUT2D eigenvalue weighted by Gasteiger charge is 2.16. The first-order valence-electron chi connectivity index (χ1n) is 7.13. The summed E-state index contributed by atoms with van der Waals surface area (Å²) in [7, 11) is 0. The van der Waals surface area contributed by atoms with Crippen LogP contribution in [0.1, 0.15) is 0 Å². The molecule has 1 heterocycles. The van der Waals surface area contributed by atoms with Crippen LogP contribution in [0.2, 0.25) is 5.02 Å². The van der Waals surface area contributed by atoms with E-state index < -0.39 is 0 Å². The molecular formula is C19H13ClN2. The van der Waals surface area contributed by atoms with Crippen molar-refractivity contribution in [2.75, 3.05) is 0 Å². The van der Waals surface area contributed by atoms with Crippen molar-refractivity contribution in [3.8, 4) is 16.9 Å². The lowest BCUT2D eigenvalue weighted by molar-refractivity contribution is 0.904. The molecular weight excluding hydrogens is 292 g/mol. The van der Waals surface area contributed by atoms with Gasteiger partial charge in [0.15, 0.2) is 0 Å². The summed E-state index contributed by atoms with van der Waals surface area (Å²) >= 11 is 6.43. The molecule has 0 aliphatic heterocycles. The molecule has 4 rings (SSSR count). The molecule has 0 spiro atoms. The van der Waals surface area contributed by atoms with Gasteiger partial charge in [0.2, 0.25) is 0 Å². The average Bonchev–Trinajstić information content (AvgIpc) is 2.95. The van der Waals surface area contributed by atoms with E-state index in [2.05, 4.69) is 6.07 Å². The second-order valence-electron chi connectivity index (χ2n) is 5.09. The number of aromatic nitrogens is 2. The van der Waals surface area contributed by atoms with Crippen LogP contribution in [0.15, 0.2) is 78.9 Å². The zero-order chi connectivity index (χ0) is 14.9. The van der Waals surface area contributed by atoms with Crippen molar-refractivity contribution in [2.24, 2.45) is 0 Å². The average molecular weight is 305 g/mol. The summed E-state index contributed by atoms with van der Waals surface area (Å²) in [5, 5.41) is 6.58. The first-order valence-corrected chi connectivity index (χ1v) is 7.50. The number of nitrogens with zero attached hydrogens (tertiary/aromatic N) is 2. The van der Waals surface area contributed by atoms with Gasteiger partial charge in [0.05, 0.1) is 16.9 Å². The fourth-order valence-electron chi connectivity index (χ4n) is 2.70. The largest absolute Gasteiger partial charge is 0.232 e. The topological polar surface area (TPSA) is 17.8 Å². The number of rotatable bonds is 2. The molecule has 0 atom stereocenters. The molecule has 0 N–H and O–H groups in total. The molecule has 22 heavy (non-hydrogen) atoms. The molecule has 106 valence electrons. The van der Waals surface area contributed by atoms with E-state index in [0.29, 0.717) is 0 Å². The van der Waals surface area contributed by atoms with Crippen LogP contribution in [-0.4, -0.2) is 9.78 Å². The van der Waals surface area contributed by atoms with Crippen LogP contribution in [0.3, 0.4) is 0 Å². The van der Waals surface area contributed by atoms with Gasteiger partial charge in [-0.15, -0.1) is 0 Å². The highest BCUT2D eigenvalue weighted by molar-refractivity contribution is 6.33. The van der Waals surface area contributed by atoms with Crippen molar-refractivity contribution >= 4 is 22.5 Å². The second-order valence-corrected chi connectivity index (χ2v) is 5.50. The number of hydrogen-bond donors (Lipinski definition) is 0. The van der Waals surface area contributed by atoms with Gasteiger partial charge in [-0.05, 0) is 24.3 Å². The van der Waals surface area contributed by atoms with E-state index in [0.717, 1.165) is 32.9 Å². The van der Waals surface area contributed by atoms with Gasteiger partial charge in [0, 0.05) is 16.0 Å². The van der Waals surface area contributed by atoms with Gasteiger partial charge in [-0.2, -0.15) is 5.10 Å². The monoisotopic (exact) mass is 304 g/mol. The fraction of sp³-hybridized carbons (Fsp3) is 0. The number of para-hydroxylation sites is 1. The Morgan fingerprint density at radius 3 is 2.23 bits per heavy atom. The quantitative estimate of drug-likeness (QED) is 0.488. The van der Waals surface area contributed by atoms with Crippen molar-refractivity contribution < 1.29 is 0 Å². The maximum atomic E-state index is 6.43. The molecule has 4 aromatic rings. The minimum absolute atomic E-state index is 0.727. The van der Waals surface area contributed by atoms with Crippen LogP contribution in [-0.2, 0) is 0 Å². The molecule has 3 aromatic carbocycles. The molecule has 0 fully saturated rings. The van der Waals surface area contributed by atoms with Crippen molar-refractivity contribution in [1.29, 1.82) is 0 Å². The van der Waals surface area contributed by atoms with Gasteiger partial charge in [0.1, 0.15) is 0 Å². The molecule has 0 aliphatic rings. The van der Waals surface area contributed by atoms with Crippen LogP contribution < -0.4 is 0 Å². The Bertz CT molecular complexity index is 942. The van der Waals surface area contributed by atoms with E-state index in [9.17, 15) is 0 Å². The Hall–Kier alpha value is -2.58. The molecule has 2 nitrogen and oxygen atoms in total. The van der Waals surface area contributed by atoms with E-state index in [1.165, 1.54) is 0 Å². The van der Waals surface area contributed by atoms with Gasteiger partial charge < -0.3 is 0 Å². The van der Waals surface area contributed by atoms with E-state index in [4.69, 9.17) is 16.7 Å². The third-order valence-corrected chi connectivity index (χ3v) is 4.04. The van der Waals surface area contributed by atoms with Crippen molar-refractivity contribution in [1.82, 2.24) is 9.78 Å². The first kappa shape index (κ1) is 13.1. The van der Waals surface area contributed by atoms with Crippen molar-refractivity contribution in [2.45, 2.75) is 0 Å². The molecule has 0 radical (unpaired) electrons. The number of hydrogen-bond acceptors (Lipinski definition) is 1. The van der Waals surface area contributed by atoms with Crippen LogP contribution in [0, 0.1) is 0 Å². The van der Waals surface area contributed by atoms with Crippen LogP contribution in [0.25, 0.3) is 27.8 Å². The summed E-state index contributed by atoms with van der Waals surface area (Å²) in [5.74, 6) is 0. The zero-order valence-corrected chi connectivity index (χ0v) is 12.5. The highest BCUT2D eigenvalue weighted by atomic mass is 35.5. The Kier molecular flexibility index (Phi) is 3.17. The third-order valence-electron chi connectivity index (χ3n) is 3.71. The number of fused-ring (bicyclic) bond motifs is 1. The standard InChI is InChI=1S/C19H13ClN2/c20-17-12-6-4-10-15(17)19-16-11-5-7-13-18(16)21-22(19)14-8-2-1-3-9-14/h1-13H. The van der Waals surface area contributed by atoms with E-state index in [1.54, 1.807) is 0 Å². The Balaban J connectivity index is 2.10. The Morgan fingerprint density at radius 2 is 1.41 bits per heavy atom. The van der Waals surface area contributed by atoms with E-state index in [1.807, 2.05) is 77.5 Å². The molecule has 3 heteroatoms.